The first-order valence-electron chi connectivity index (χ1n) is 10.1. The summed E-state index contributed by atoms with van der Waals surface area (Å²) in [6.45, 7) is 4.44. The third kappa shape index (κ3) is 4.92. The quantitative estimate of drug-likeness (QED) is 0.219. The fourth-order valence-electron chi connectivity index (χ4n) is 3.18. The van der Waals surface area contributed by atoms with Gasteiger partial charge in [0.15, 0.2) is 16.8 Å². The van der Waals surface area contributed by atoms with Crippen LogP contribution in [0.2, 0.25) is 0 Å². The van der Waals surface area contributed by atoms with Crippen molar-refractivity contribution in [2.75, 3.05) is 6.61 Å². The topological polar surface area (TPSA) is 69.9 Å². The second kappa shape index (κ2) is 10.1. The summed E-state index contributed by atoms with van der Waals surface area (Å²) in [5, 5.41) is 9.12. The number of aromatic nitrogens is 4. The maximum atomic E-state index is 13.0. The summed E-state index contributed by atoms with van der Waals surface area (Å²) in [5.74, 6) is 1.49. The number of carbonyl (C=O) groups excluding carboxylic acids is 1. The van der Waals surface area contributed by atoms with Crippen molar-refractivity contribution in [3.05, 3.63) is 83.1 Å². The number of halogens is 1. The van der Waals surface area contributed by atoms with Gasteiger partial charge in [-0.25, -0.2) is 0 Å². The summed E-state index contributed by atoms with van der Waals surface area (Å²) in [5.41, 5.74) is 2.38. The van der Waals surface area contributed by atoms with Crippen LogP contribution in [0.3, 0.4) is 0 Å². The number of carbonyl (C=O) groups is 1. The van der Waals surface area contributed by atoms with Crippen LogP contribution in [0.4, 0.5) is 0 Å². The zero-order valence-electron chi connectivity index (χ0n) is 17.6. The van der Waals surface area contributed by atoms with E-state index in [0.717, 1.165) is 21.5 Å². The van der Waals surface area contributed by atoms with Gasteiger partial charge in [-0.3, -0.25) is 14.3 Å². The van der Waals surface area contributed by atoms with E-state index in [4.69, 9.17) is 4.74 Å². The van der Waals surface area contributed by atoms with Gasteiger partial charge in [-0.2, -0.15) is 0 Å². The van der Waals surface area contributed by atoms with E-state index in [1.54, 1.807) is 12.4 Å². The highest BCUT2D eigenvalue weighted by Gasteiger charge is 2.23. The first-order valence-corrected chi connectivity index (χ1v) is 11.8. The molecule has 2 aromatic carbocycles. The molecule has 0 amide bonds. The zero-order valence-corrected chi connectivity index (χ0v) is 20.0. The Morgan fingerprint density at radius 2 is 1.84 bits per heavy atom. The lowest BCUT2D eigenvalue weighted by Gasteiger charge is -2.14. The van der Waals surface area contributed by atoms with Crippen molar-refractivity contribution in [3.63, 3.8) is 0 Å². The molecule has 6 nitrogen and oxygen atoms in total. The highest BCUT2D eigenvalue weighted by atomic mass is 79.9. The fraction of sp³-hybridized carbons (Fsp3) is 0.167. The number of Topliss-reactive ketones (excluding diaryl/α,β-unsaturated/α-hetero) is 1. The molecule has 8 heteroatoms. The number of thioether (sulfide) groups is 1. The van der Waals surface area contributed by atoms with Gasteiger partial charge >= 0.3 is 0 Å². The lowest BCUT2D eigenvalue weighted by Crippen LogP contribution is -2.14. The Hall–Kier alpha value is -2.97. The van der Waals surface area contributed by atoms with Crippen LogP contribution in [0, 0.1) is 0 Å². The number of nitrogens with zero attached hydrogens (tertiary/aromatic N) is 4. The molecule has 2 heterocycles. The van der Waals surface area contributed by atoms with E-state index in [0.29, 0.717) is 23.2 Å². The molecule has 0 spiro atoms. The summed E-state index contributed by atoms with van der Waals surface area (Å²) in [6.07, 6.45) is 3.47. The molecule has 0 unspecified atom stereocenters. The Balaban J connectivity index is 1.69. The Kier molecular flexibility index (Phi) is 7.02. The van der Waals surface area contributed by atoms with Crippen LogP contribution in [-0.2, 0) is 0 Å². The highest BCUT2D eigenvalue weighted by Crippen LogP contribution is 2.31. The Labute approximate surface area is 199 Å². The number of hydrogen-bond acceptors (Lipinski definition) is 6. The van der Waals surface area contributed by atoms with E-state index in [1.165, 1.54) is 11.8 Å². The number of hydrogen-bond donors (Lipinski definition) is 0. The monoisotopic (exact) mass is 508 g/mol. The van der Waals surface area contributed by atoms with E-state index < -0.39 is 0 Å². The van der Waals surface area contributed by atoms with Crippen molar-refractivity contribution in [1.29, 1.82) is 0 Å². The molecule has 32 heavy (non-hydrogen) atoms. The second-order valence-corrected chi connectivity index (χ2v) is 9.17. The van der Waals surface area contributed by atoms with Crippen LogP contribution in [0.5, 0.6) is 5.75 Å². The van der Waals surface area contributed by atoms with Gasteiger partial charge in [-0.1, -0.05) is 39.8 Å². The number of pyridine rings is 1. The van der Waals surface area contributed by atoms with Gasteiger partial charge in [-0.15, -0.1) is 10.2 Å². The predicted molar refractivity (Wildman–Crippen MR) is 130 cm³/mol. The van der Waals surface area contributed by atoms with Crippen LogP contribution in [0.15, 0.2) is 82.7 Å². The Bertz CT molecular complexity index is 1200. The molecular formula is C24H21BrN4O2S. The predicted octanol–water partition coefficient (Wildman–Crippen LogP) is 5.85. The molecule has 162 valence electrons. The third-order valence-corrected chi connectivity index (χ3v) is 6.31. The lowest BCUT2D eigenvalue weighted by molar-refractivity contribution is 0.0994. The van der Waals surface area contributed by atoms with Crippen molar-refractivity contribution in [2.45, 2.75) is 24.3 Å². The Morgan fingerprint density at radius 3 is 2.50 bits per heavy atom. The van der Waals surface area contributed by atoms with Gasteiger partial charge in [0, 0.05) is 33.7 Å². The number of rotatable bonds is 8. The van der Waals surface area contributed by atoms with Gasteiger partial charge in [0.25, 0.3) is 0 Å². The molecule has 0 saturated carbocycles. The molecule has 0 aliphatic rings. The second-order valence-electron chi connectivity index (χ2n) is 6.94. The lowest BCUT2D eigenvalue weighted by atomic mass is 10.1. The van der Waals surface area contributed by atoms with Gasteiger partial charge in [0.2, 0.25) is 0 Å². The van der Waals surface area contributed by atoms with Crippen molar-refractivity contribution < 1.29 is 9.53 Å². The summed E-state index contributed by atoms with van der Waals surface area (Å²) in [7, 11) is 0. The molecule has 4 rings (SSSR count). The zero-order chi connectivity index (χ0) is 22.5. The average molecular weight is 509 g/mol. The van der Waals surface area contributed by atoms with Gasteiger partial charge in [0.05, 0.1) is 11.9 Å². The van der Waals surface area contributed by atoms with Crippen LogP contribution in [-0.4, -0.2) is 37.4 Å². The van der Waals surface area contributed by atoms with E-state index >= 15 is 0 Å². The smallest absolute Gasteiger partial charge is 0.196 e. The number of ether oxygens (including phenoxy) is 1. The van der Waals surface area contributed by atoms with Crippen LogP contribution in [0.1, 0.15) is 24.2 Å². The molecule has 0 aliphatic heterocycles. The minimum atomic E-state index is -0.344. The molecule has 2 aromatic heterocycles. The SMILES string of the molecule is CCOc1ccc(-n2c(S[C@@H](C)C(=O)c3ccc(Br)cc3)nnc2-c2cccnc2)cc1. The van der Waals surface area contributed by atoms with Crippen molar-refractivity contribution in [3.8, 4) is 22.8 Å². The maximum absolute atomic E-state index is 13.0. The van der Waals surface area contributed by atoms with Crippen LogP contribution < -0.4 is 4.74 Å². The molecule has 0 radical (unpaired) electrons. The molecule has 0 N–H and O–H groups in total. The van der Waals surface area contributed by atoms with Crippen molar-refractivity contribution in [2.24, 2.45) is 0 Å². The summed E-state index contributed by atoms with van der Waals surface area (Å²) in [4.78, 5) is 17.2. The largest absolute Gasteiger partial charge is 0.494 e. The fourth-order valence-corrected chi connectivity index (χ4v) is 4.39. The van der Waals surface area contributed by atoms with Crippen molar-refractivity contribution in [1.82, 2.24) is 19.7 Å². The van der Waals surface area contributed by atoms with E-state index in [-0.39, 0.29) is 11.0 Å². The summed E-state index contributed by atoms with van der Waals surface area (Å²) < 4.78 is 8.46. The van der Waals surface area contributed by atoms with Gasteiger partial charge < -0.3 is 4.74 Å². The van der Waals surface area contributed by atoms with E-state index in [2.05, 4.69) is 31.1 Å². The maximum Gasteiger partial charge on any atom is 0.196 e. The van der Waals surface area contributed by atoms with E-state index in [1.807, 2.05) is 79.1 Å². The minimum Gasteiger partial charge on any atom is -0.494 e. The molecular weight excluding hydrogens is 488 g/mol. The molecule has 0 bridgehead atoms. The Morgan fingerprint density at radius 1 is 1.09 bits per heavy atom. The molecule has 0 saturated heterocycles. The normalized spacial score (nSPS) is 11.8. The first-order chi connectivity index (χ1) is 15.6. The number of ketones is 1. The minimum absolute atomic E-state index is 0.0340. The van der Waals surface area contributed by atoms with E-state index in [9.17, 15) is 4.79 Å². The molecule has 1 atom stereocenters. The molecule has 0 aliphatic carbocycles. The van der Waals surface area contributed by atoms with Crippen LogP contribution >= 0.6 is 27.7 Å². The molecule has 0 fully saturated rings. The average Bonchev–Trinajstić information content (AvgIpc) is 3.24. The summed E-state index contributed by atoms with van der Waals surface area (Å²) >= 11 is 4.79. The van der Waals surface area contributed by atoms with Gasteiger partial charge in [-0.05, 0) is 62.4 Å². The van der Waals surface area contributed by atoms with Crippen molar-refractivity contribution >= 4 is 33.5 Å². The van der Waals surface area contributed by atoms with Crippen LogP contribution in [0.25, 0.3) is 17.1 Å². The highest BCUT2D eigenvalue weighted by molar-refractivity contribution is 9.10. The summed E-state index contributed by atoms with van der Waals surface area (Å²) in [6, 6.07) is 18.9. The first kappa shape index (κ1) is 22.2. The third-order valence-electron chi connectivity index (χ3n) is 4.74. The van der Waals surface area contributed by atoms with Gasteiger partial charge in [0.1, 0.15) is 5.75 Å². The standard InChI is InChI=1S/C24H21BrN4O2S/c1-3-31-21-12-10-20(11-13-21)29-23(18-5-4-14-26-15-18)27-28-24(29)32-16(2)22(30)17-6-8-19(25)9-7-17/h4-16H,3H2,1-2H3/t16-/m0/s1. The number of benzene rings is 2. The molecule has 4 aromatic rings.